The minimum absolute atomic E-state index is 0.917. The second kappa shape index (κ2) is 5.92. The van der Waals surface area contributed by atoms with Gasteiger partial charge in [0.05, 0.1) is 0 Å². The van der Waals surface area contributed by atoms with Crippen molar-refractivity contribution in [2.45, 2.75) is 26.7 Å². The summed E-state index contributed by atoms with van der Waals surface area (Å²) in [5, 5.41) is 0. The average molecular weight is 206 g/mol. The molecule has 0 aliphatic carbocycles. The summed E-state index contributed by atoms with van der Waals surface area (Å²) in [4.78, 5) is 0. The van der Waals surface area contributed by atoms with Crippen molar-refractivity contribution in [3.8, 4) is 0 Å². The maximum Gasteiger partial charge on any atom is -0.00572 e. The van der Waals surface area contributed by atoms with Gasteiger partial charge >= 0.3 is 0 Å². The Balaban J connectivity index is 2.99. The zero-order chi connectivity index (χ0) is 10.4. The molecule has 0 saturated carbocycles. The summed E-state index contributed by atoms with van der Waals surface area (Å²) in [7, 11) is 0. The van der Waals surface area contributed by atoms with Crippen LogP contribution in [0.1, 0.15) is 30.9 Å². The summed E-state index contributed by atoms with van der Waals surface area (Å²) in [6.07, 6.45) is 4.46. The molecular formula is C13H18S. The lowest BCUT2D eigenvalue weighted by molar-refractivity contribution is 1.17. The monoisotopic (exact) mass is 206 g/mol. The average Bonchev–Trinajstić information content (AvgIpc) is 2.18. The van der Waals surface area contributed by atoms with E-state index >= 15 is 0 Å². The lowest BCUT2D eigenvalue weighted by atomic mass is 9.98. The first-order chi connectivity index (χ1) is 6.79. The van der Waals surface area contributed by atoms with Gasteiger partial charge in [0.25, 0.3) is 0 Å². The lowest BCUT2D eigenvalue weighted by Gasteiger charge is -2.09. The summed E-state index contributed by atoms with van der Waals surface area (Å²) in [5.74, 6) is 0.917. The molecule has 0 aliphatic rings. The Morgan fingerprint density at radius 3 is 2.64 bits per heavy atom. The van der Waals surface area contributed by atoms with Crippen LogP contribution in [-0.2, 0) is 0 Å². The number of hydrogen-bond acceptors (Lipinski definition) is 1. The van der Waals surface area contributed by atoms with Gasteiger partial charge in [0.1, 0.15) is 0 Å². The van der Waals surface area contributed by atoms with Gasteiger partial charge in [-0.3, -0.25) is 0 Å². The highest BCUT2D eigenvalue weighted by Crippen LogP contribution is 2.22. The SMILES string of the molecule is CC/C=C(/CCS)c1ccccc1C. The molecule has 1 aromatic carbocycles. The highest BCUT2D eigenvalue weighted by atomic mass is 32.1. The van der Waals surface area contributed by atoms with Crippen LogP contribution in [0.15, 0.2) is 30.3 Å². The standard InChI is InChI=1S/C13H18S/c1-3-6-12(9-10-14)13-8-5-4-7-11(13)2/h4-8,14H,3,9-10H2,1-2H3/b12-6-. The van der Waals surface area contributed by atoms with Crippen molar-refractivity contribution in [1.82, 2.24) is 0 Å². The third-order valence-electron chi connectivity index (χ3n) is 2.32. The van der Waals surface area contributed by atoms with Crippen molar-refractivity contribution in [2.24, 2.45) is 0 Å². The molecule has 0 nitrogen and oxygen atoms in total. The van der Waals surface area contributed by atoms with Crippen LogP contribution in [0.2, 0.25) is 0 Å². The Labute approximate surface area is 92.5 Å². The van der Waals surface area contributed by atoms with Crippen molar-refractivity contribution in [1.29, 1.82) is 0 Å². The molecule has 0 atom stereocenters. The molecule has 1 heteroatoms. The molecule has 76 valence electrons. The molecule has 0 amide bonds. The van der Waals surface area contributed by atoms with Gasteiger partial charge in [-0.25, -0.2) is 0 Å². The molecule has 0 aromatic heterocycles. The first kappa shape index (κ1) is 11.4. The fourth-order valence-corrected chi connectivity index (χ4v) is 1.89. The molecule has 0 unspecified atom stereocenters. The van der Waals surface area contributed by atoms with E-state index in [9.17, 15) is 0 Å². The van der Waals surface area contributed by atoms with Crippen LogP contribution < -0.4 is 0 Å². The van der Waals surface area contributed by atoms with E-state index < -0.39 is 0 Å². The molecule has 0 bridgehead atoms. The topological polar surface area (TPSA) is 0 Å². The number of aryl methyl sites for hydroxylation is 1. The van der Waals surface area contributed by atoms with Gasteiger partial charge in [-0.15, -0.1) is 0 Å². The van der Waals surface area contributed by atoms with E-state index in [1.54, 1.807) is 0 Å². The second-order valence-corrected chi connectivity index (χ2v) is 3.87. The van der Waals surface area contributed by atoms with E-state index in [0.717, 1.165) is 18.6 Å². The lowest BCUT2D eigenvalue weighted by Crippen LogP contribution is -1.90. The Hall–Kier alpha value is -0.690. The summed E-state index contributed by atoms with van der Waals surface area (Å²) >= 11 is 4.30. The molecule has 1 rings (SSSR count). The third-order valence-corrected chi connectivity index (χ3v) is 2.55. The van der Waals surface area contributed by atoms with Gasteiger partial charge in [-0.05, 0) is 42.2 Å². The molecule has 0 N–H and O–H groups in total. The van der Waals surface area contributed by atoms with Crippen LogP contribution in [0.3, 0.4) is 0 Å². The van der Waals surface area contributed by atoms with Gasteiger partial charge in [0.2, 0.25) is 0 Å². The van der Waals surface area contributed by atoms with Crippen LogP contribution in [0.25, 0.3) is 5.57 Å². The normalized spacial score (nSPS) is 11.8. The minimum Gasteiger partial charge on any atom is -0.179 e. The smallest absolute Gasteiger partial charge is 0.00572 e. The highest BCUT2D eigenvalue weighted by molar-refractivity contribution is 7.80. The Morgan fingerprint density at radius 1 is 1.36 bits per heavy atom. The quantitative estimate of drug-likeness (QED) is 0.704. The summed E-state index contributed by atoms with van der Waals surface area (Å²) in [6, 6.07) is 8.55. The van der Waals surface area contributed by atoms with Crippen LogP contribution in [-0.4, -0.2) is 5.75 Å². The summed E-state index contributed by atoms with van der Waals surface area (Å²) < 4.78 is 0. The molecule has 0 spiro atoms. The Morgan fingerprint density at radius 2 is 2.07 bits per heavy atom. The van der Waals surface area contributed by atoms with Crippen LogP contribution in [0.4, 0.5) is 0 Å². The maximum absolute atomic E-state index is 4.30. The van der Waals surface area contributed by atoms with Gasteiger partial charge in [0, 0.05) is 0 Å². The van der Waals surface area contributed by atoms with Crippen molar-refractivity contribution in [3.05, 3.63) is 41.5 Å². The molecule has 1 aromatic rings. The number of hydrogen-bond donors (Lipinski definition) is 1. The molecule has 14 heavy (non-hydrogen) atoms. The largest absolute Gasteiger partial charge is 0.179 e. The predicted molar refractivity (Wildman–Crippen MR) is 67.9 cm³/mol. The van der Waals surface area contributed by atoms with E-state index in [2.05, 4.69) is 56.8 Å². The van der Waals surface area contributed by atoms with Crippen molar-refractivity contribution < 1.29 is 0 Å². The number of allylic oxidation sites excluding steroid dienone is 2. The third kappa shape index (κ3) is 2.91. The maximum atomic E-state index is 4.30. The van der Waals surface area contributed by atoms with E-state index in [0.29, 0.717) is 0 Å². The van der Waals surface area contributed by atoms with Crippen molar-refractivity contribution >= 4 is 18.2 Å². The Bertz CT molecular complexity index is 313. The molecule has 0 radical (unpaired) electrons. The van der Waals surface area contributed by atoms with E-state index in [1.165, 1.54) is 16.7 Å². The second-order valence-electron chi connectivity index (χ2n) is 3.43. The van der Waals surface area contributed by atoms with E-state index in [-0.39, 0.29) is 0 Å². The van der Waals surface area contributed by atoms with Gasteiger partial charge in [-0.1, -0.05) is 37.3 Å². The Kier molecular flexibility index (Phi) is 4.81. The predicted octanol–water partition coefficient (Wildman–Crippen LogP) is 4.11. The van der Waals surface area contributed by atoms with Gasteiger partial charge in [0.15, 0.2) is 0 Å². The number of benzene rings is 1. The fraction of sp³-hybridized carbons (Fsp3) is 0.385. The van der Waals surface area contributed by atoms with E-state index in [1.807, 2.05) is 0 Å². The van der Waals surface area contributed by atoms with Crippen molar-refractivity contribution in [3.63, 3.8) is 0 Å². The molecule has 0 saturated heterocycles. The molecule has 0 aliphatic heterocycles. The molecule has 0 fully saturated rings. The highest BCUT2D eigenvalue weighted by Gasteiger charge is 2.02. The van der Waals surface area contributed by atoms with Gasteiger partial charge < -0.3 is 0 Å². The van der Waals surface area contributed by atoms with Crippen molar-refractivity contribution in [2.75, 3.05) is 5.75 Å². The first-order valence-corrected chi connectivity index (χ1v) is 5.78. The minimum atomic E-state index is 0.917. The zero-order valence-electron chi connectivity index (χ0n) is 8.96. The fourth-order valence-electron chi connectivity index (χ4n) is 1.65. The van der Waals surface area contributed by atoms with Gasteiger partial charge in [-0.2, -0.15) is 12.6 Å². The number of rotatable bonds is 4. The molecule has 0 heterocycles. The first-order valence-electron chi connectivity index (χ1n) is 5.15. The number of thiol groups is 1. The summed E-state index contributed by atoms with van der Waals surface area (Å²) in [6.45, 7) is 4.34. The van der Waals surface area contributed by atoms with Crippen LogP contribution >= 0.6 is 12.6 Å². The zero-order valence-corrected chi connectivity index (χ0v) is 9.85. The van der Waals surface area contributed by atoms with E-state index in [4.69, 9.17) is 0 Å². The molecular weight excluding hydrogens is 188 g/mol. The van der Waals surface area contributed by atoms with Crippen LogP contribution in [0, 0.1) is 6.92 Å². The summed E-state index contributed by atoms with van der Waals surface area (Å²) in [5.41, 5.74) is 4.16. The van der Waals surface area contributed by atoms with Crippen LogP contribution in [0.5, 0.6) is 0 Å².